The second kappa shape index (κ2) is 5.90. The van der Waals surface area contributed by atoms with Gasteiger partial charge in [0, 0.05) is 13.1 Å². The van der Waals surface area contributed by atoms with Gasteiger partial charge in [0.25, 0.3) is 0 Å². The molecule has 86 valence electrons. The number of benzene rings is 1. The Labute approximate surface area is 95.5 Å². The van der Waals surface area contributed by atoms with E-state index in [0.717, 1.165) is 4.90 Å². The van der Waals surface area contributed by atoms with Gasteiger partial charge in [-0.25, -0.2) is 9.69 Å². The lowest BCUT2D eigenvalue weighted by atomic mass is 10.3. The number of para-hydroxylation sites is 1. The highest BCUT2D eigenvalue weighted by Gasteiger charge is 2.19. The van der Waals surface area contributed by atoms with Crippen LogP contribution in [0.5, 0.6) is 0 Å². The number of imide groups is 1. The summed E-state index contributed by atoms with van der Waals surface area (Å²) in [5, 5.41) is 0. The van der Waals surface area contributed by atoms with Gasteiger partial charge >= 0.3 is 6.03 Å². The van der Waals surface area contributed by atoms with Gasteiger partial charge in [-0.2, -0.15) is 0 Å². The number of hydrogen-bond donors (Lipinski definition) is 0. The molecular formula is C12H16N2O2. The maximum Gasteiger partial charge on any atom is 0.331 e. The molecular weight excluding hydrogens is 204 g/mol. The van der Waals surface area contributed by atoms with Crippen LogP contribution in [0.25, 0.3) is 0 Å². The number of carbonyl (C=O) groups excluding carboxylic acids is 2. The Morgan fingerprint density at radius 3 is 2.19 bits per heavy atom. The van der Waals surface area contributed by atoms with E-state index in [0.29, 0.717) is 25.2 Å². The zero-order valence-corrected chi connectivity index (χ0v) is 9.59. The van der Waals surface area contributed by atoms with E-state index in [1.807, 2.05) is 19.9 Å². The summed E-state index contributed by atoms with van der Waals surface area (Å²) < 4.78 is 0. The molecule has 0 radical (unpaired) electrons. The molecule has 0 aliphatic rings. The Balaban J connectivity index is 2.91. The number of urea groups is 1. The molecule has 0 unspecified atom stereocenters. The monoisotopic (exact) mass is 220 g/mol. The smallest absolute Gasteiger partial charge is 0.325 e. The topological polar surface area (TPSA) is 40.6 Å². The summed E-state index contributed by atoms with van der Waals surface area (Å²) in [5.74, 6) is 0. The number of hydrogen-bond acceptors (Lipinski definition) is 2. The zero-order valence-electron chi connectivity index (χ0n) is 9.59. The van der Waals surface area contributed by atoms with Gasteiger partial charge in [-0.05, 0) is 26.0 Å². The van der Waals surface area contributed by atoms with Crippen LogP contribution in [0.1, 0.15) is 13.8 Å². The molecule has 0 spiro atoms. The number of anilines is 1. The van der Waals surface area contributed by atoms with Crippen molar-refractivity contribution in [3.05, 3.63) is 30.3 Å². The van der Waals surface area contributed by atoms with E-state index >= 15 is 0 Å². The third-order valence-corrected chi connectivity index (χ3v) is 2.38. The van der Waals surface area contributed by atoms with Gasteiger partial charge in [-0.3, -0.25) is 4.79 Å². The molecule has 0 atom stereocenters. The molecule has 0 saturated carbocycles. The van der Waals surface area contributed by atoms with Crippen LogP contribution in [0.15, 0.2) is 30.3 Å². The van der Waals surface area contributed by atoms with Gasteiger partial charge < -0.3 is 4.90 Å². The second-order valence-corrected chi connectivity index (χ2v) is 3.27. The van der Waals surface area contributed by atoms with E-state index < -0.39 is 0 Å². The molecule has 3 amide bonds. The van der Waals surface area contributed by atoms with E-state index in [4.69, 9.17) is 0 Å². The van der Waals surface area contributed by atoms with Crippen molar-refractivity contribution in [2.75, 3.05) is 18.0 Å². The summed E-state index contributed by atoms with van der Waals surface area (Å²) >= 11 is 0. The van der Waals surface area contributed by atoms with Gasteiger partial charge in [0.1, 0.15) is 0 Å². The summed E-state index contributed by atoms with van der Waals surface area (Å²) in [6.07, 6.45) is 0.552. The van der Waals surface area contributed by atoms with Crippen LogP contribution < -0.4 is 4.90 Å². The van der Waals surface area contributed by atoms with Crippen LogP contribution in [0.4, 0.5) is 10.5 Å². The molecule has 4 nitrogen and oxygen atoms in total. The Kier molecular flexibility index (Phi) is 4.51. The Morgan fingerprint density at radius 1 is 1.19 bits per heavy atom. The van der Waals surface area contributed by atoms with Crippen LogP contribution in [0.3, 0.4) is 0 Å². The lowest BCUT2D eigenvalue weighted by Crippen LogP contribution is -2.42. The molecule has 0 saturated heterocycles. The molecule has 0 aliphatic heterocycles. The van der Waals surface area contributed by atoms with Crippen LogP contribution in [-0.4, -0.2) is 30.4 Å². The van der Waals surface area contributed by atoms with E-state index in [1.54, 1.807) is 29.2 Å². The van der Waals surface area contributed by atoms with Gasteiger partial charge in [0.15, 0.2) is 0 Å². The summed E-state index contributed by atoms with van der Waals surface area (Å²) in [7, 11) is 0. The normalized spacial score (nSPS) is 9.62. The molecule has 0 aromatic heterocycles. The Hall–Kier alpha value is -1.84. The van der Waals surface area contributed by atoms with Crippen molar-refractivity contribution in [3.63, 3.8) is 0 Å². The SMILES string of the molecule is CCN(CC)C(=O)N(C=O)c1ccccc1. The Morgan fingerprint density at radius 2 is 1.75 bits per heavy atom. The quantitative estimate of drug-likeness (QED) is 0.729. The van der Waals surface area contributed by atoms with Crippen molar-refractivity contribution in [1.29, 1.82) is 0 Å². The molecule has 0 fully saturated rings. The third kappa shape index (κ3) is 2.59. The van der Waals surface area contributed by atoms with Gasteiger partial charge in [-0.1, -0.05) is 18.2 Å². The fourth-order valence-electron chi connectivity index (χ4n) is 1.45. The van der Waals surface area contributed by atoms with Crippen molar-refractivity contribution >= 4 is 18.1 Å². The minimum atomic E-state index is -0.286. The highest BCUT2D eigenvalue weighted by atomic mass is 16.2. The van der Waals surface area contributed by atoms with Crippen LogP contribution in [0.2, 0.25) is 0 Å². The molecule has 16 heavy (non-hydrogen) atoms. The van der Waals surface area contributed by atoms with Crippen molar-refractivity contribution < 1.29 is 9.59 Å². The fraction of sp³-hybridized carbons (Fsp3) is 0.333. The van der Waals surface area contributed by atoms with Crippen molar-refractivity contribution in [1.82, 2.24) is 4.90 Å². The number of rotatable bonds is 4. The van der Waals surface area contributed by atoms with Gasteiger partial charge in [-0.15, -0.1) is 0 Å². The first kappa shape index (κ1) is 12.2. The summed E-state index contributed by atoms with van der Waals surface area (Å²) in [5.41, 5.74) is 0.592. The lowest BCUT2D eigenvalue weighted by molar-refractivity contribution is -0.107. The largest absolute Gasteiger partial charge is 0.331 e. The second-order valence-electron chi connectivity index (χ2n) is 3.27. The first-order valence-corrected chi connectivity index (χ1v) is 5.33. The average Bonchev–Trinajstić information content (AvgIpc) is 2.33. The minimum Gasteiger partial charge on any atom is -0.325 e. The van der Waals surface area contributed by atoms with Crippen LogP contribution >= 0.6 is 0 Å². The minimum absolute atomic E-state index is 0.286. The first-order chi connectivity index (χ1) is 7.74. The van der Waals surface area contributed by atoms with E-state index in [9.17, 15) is 9.59 Å². The Bertz CT molecular complexity index is 347. The van der Waals surface area contributed by atoms with Gasteiger partial charge in [0.05, 0.1) is 5.69 Å². The summed E-state index contributed by atoms with van der Waals surface area (Å²) in [6, 6.07) is 8.61. The predicted octanol–water partition coefficient (Wildman–Crippen LogP) is 2.11. The summed E-state index contributed by atoms with van der Waals surface area (Å²) in [6.45, 7) is 4.95. The van der Waals surface area contributed by atoms with Crippen LogP contribution in [-0.2, 0) is 4.79 Å². The number of carbonyl (C=O) groups is 2. The van der Waals surface area contributed by atoms with Crippen LogP contribution in [0, 0.1) is 0 Å². The maximum absolute atomic E-state index is 12.0. The predicted molar refractivity (Wildman–Crippen MR) is 63.3 cm³/mol. The molecule has 1 rings (SSSR count). The first-order valence-electron chi connectivity index (χ1n) is 5.33. The third-order valence-electron chi connectivity index (χ3n) is 2.38. The fourth-order valence-corrected chi connectivity index (χ4v) is 1.45. The average molecular weight is 220 g/mol. The molecule has 4 heteroatoms. The molecule has 1 aromatic carbocycles. The lowest BCUT2D eigenvalue weighted by Gasteiger charge is -2.24. The standard InChI is InChI=1S/C12H16N2O2/c1-3-13(4-2)12(16)14(10-15)11-8-6-5-7-9-11/h5-10H,3-4H2,1-2H3. The zero-order chi connectivity index (χ0) is 12.0. The van der Waals surface area contributed by atoms with Crippen molar-refractivity contribution in [3.8, 4) is 0 Å². The van der Waals surface area contributed by atoms with E-state index in [2.05, 4.69) is 0 Å². The molecule has 0 heterocycles. The van der Waals surface area contributed by atoms with Crippen molar-refractivity contribution in [2.24, 2.45) is 0 Å². The summed E-state index contributed by atoms with van der Waals surface area (Å²) in [4.78, 5) is 25.6. The molecule has 0 aliphatic carbocycles. The van der Waals surface area contributed by atoms with E-state index in [1.165, 1.54) is 0 Å². The van der Waals surface area contributed by atoms with Crippen molar-refractivity contribution in [2.45, 2.75) is 13.8 Å². The maximum atomic E-state index is 12.0. The highest BCUT2D eigenvalue weighted by molar-refractivity contribution is 6.05. The van der Waals surface area contributed by atoms with E-state index in [-0.39, 0.29) is 6.03 Å². The highest BCUT2D eigenvalue weighted by Crippen LogP contribution is 2.13. The molecule has 1 aromatic rings. The number of nitrogens with zero attached hydrogens (tertiary/aromatic N) is 2. The van der Waals surface area contributed by atoms with Gasteiger partial charge in [0.2, 0.25) is 6.41 Å². The molecule has 0 bridgehead atoms. The molecule has 0 N–H and O–H groups in total. The number of amides is 3.